The second-order valence-electron chi connectivity index (χ2n) is 3.82. The fraction of sp³-hybridized carbons (Fsp3) is 0.889. The molecule has 2 aliphatic carbocycles. The van der Waals surface area contributed by atoms with E-state index in [1.165, 1.54) is 25.7 Å². The number of hydrogen-bond acceptors (Lipinski definition) is 2. The summed E-state index contributed by atoms with van der Waals surface area (Å²) >= 11 is 1.59. The quantitative estimate of drug-likeness (QED) is 0.601. The van der Waals surface area contributed by atoms with E-state index >= 15 is 0 Å². The lowest BCUT2D eigenvalue weighted by Gasteiger charge is -2.18. The van der Waals surface area contributed by atoms with Crippen LogP contribution >= 0.6 is 11.8 Å². The Morgan fingerprint density at radius 1 is 1.36 bits per heavy atom. The van der Waals surface area contributed by atoms with Gasteiger partial charge in [0.2, 0.25) is 0 Å². The molecule has 0 N–H and O–H groups in total. The van der Waals surface area contributed by atoms with Crippen LogP contribution in [0.5, 0.6) is 0 Å². The van der Waals surface area contributed by atoms with Crippen molar-refractivity contribution in [3.63, 3.8) is 0 Å². The molecular formula is C9H14OS. The van der Waals surface area contributed by atoms with Crippen molar-refractivity contribution in [1.29, 1.82) is 0 Å². The van der Waals surface area contributed by atoms with E-state index in [0.29, 0.717) is 10.4 Å². The Bertz CT molecular complexity index is 178. The molecule has 0 heterocycles. The third kappa shape index (κ3) is 1.46. The van der Waals surface area contributed by atoms with Crippen molar-refractivity contribution in [1.82, 2.24) is 0 Å². The summed E-state index contributed by atoms with van der Waals surface area (Å²) in [5.74, 6) is 1.85. The van der Waals surface area contributed by atoms with Crippen molar-refractivity contribution in [3.8, 4) is 0 Å². The Hall–Kier alpha value is 0.0200. The lowest BCUT2D eigenvalue weighted by Crippen LogP contribution is -2.13. The molecule has 2 fully saturated rings. The van der Waals surface area contributed by atoms with Crippen LogP contribution in [0.1, 0.15) is 32.6 Å². The van der Waals surface area contributed by atoms with Crippen LogP contribution in [-0.2, 0) is 4.79 Å². The van der Waals surface area contributed by atoms with E-state index in [2.05, 4.69) is 0 Å². The van der Waals surface area contributed by atoms with Crippen molar-refractivity contribution in [2.24, 2.45) is 11.8 Å². The van der Waals surface area contributed by atoms with Crippen LogP contribution < -0.4 is 0 Å². The number of carbonyl (C=O) groups is 1. The number of carbonyl (C=O) groups excluding carboxylic acids is 1. The summed E-state index contributed by atoms with van der Waals surface area (Å²) in [6, 6.07) is 0. The standard InChI is InChI=1S/C9H14OS/c1-6(10)11-9-5-7-2-3-8(9)4-7/h7-9H,2-5H2,1H3/t7-,8+,9+/m1/s1. The lowest BCUT2D eigenvalue weighted by molar-refractivity contribution is -0.109. The third-order valence-corrected chi connectivity index (χ3v) is 4.20. The Labute approximate surface area is 71.9 Å². The first-order chi connectivity index (χ1) is 5.25. The van der Waals surface area contributed by atoms with Crippen LogP contribution in [0.2, 0.25) is 0 Å². The highest BCUT2D eigenvalue weighted by atomic mass is 32.2. The fourth-order valence-electron chi connectivity index (χ4n) is 2.54. The normalized spacial score (nSPS) is 41.4. The zero-order chi connectivity index (χ0) is 7.84. The third-order valence-electron chi connectivity index (χ3n) is 2.99. The monoisotopic (exact) mass is 170 g/mol. The van der Waals surface area contributed by atoms with Crippen molar-refractivity contribution < 1.29 is 4.79 Å². The molecule has 0 spiro atoms. The minimum atomic E-state index is 0.308. The number of thioether (sulfide) groups is 1. The summed E-state index contributed by atoms with van der Waals surface area (Å²) in [5, 5.41) is 0.994. The number of fused-ring (bicyclic) bond motifs is 2. The molecule has 0 amide bonds. The topological polar surface area (TPSA) is 17.1 Å². The van der Waals surface area contributed by atoms with E-state index in [1.54, 1.807) is 18.7 Å². The van der Waals surface area contributed by atoms with Crippen molar-refractivity contribution in [3.05, 3.63) is 0 Å². The highest BCUT2D eigenvalue weighted by Gasteiger charge is 2.40. The average Bonchev–Trinajstić information content (AvgIpc) is 2.45. The first-order valence-electron chi connectivity index (χ1n) is 4.43. The molecular weight excluding hydrogens is 156 g/mol. The van der Waals surface area contributed by atoms with Gasteiger partial charge < -0.3 is 0 Å². The molecule has 11 heavy (non-hydrogen) atoms. The van der Waals surface area contributed by atoms with Gasteiger partial charge in [-0.2, -0.15) is 0 Å². The van der Waals surface area contributed by atoms with Gasteiger partial charge in [0.25, 0.3) is 0 Å². The molecule has 2 bridgehead atoms. The van der Waals surface area contributed by atoms with E-state index in [9.17, 15) is 4.79 Å². The number of rotatable bonds is 1. The Balaban J connectivity index is 1.92. The zero-order valence-electron chi connectivity index (χ0n) is 6.88. The predicted molar refractivity (Wildman–Crippen MR) is 47.5 cm³/mol. The molecule has 0 aromatic heterocycles. The van der Waals surface area contributed by atoms with Crippen molar-refractivity contribution in [2.45, 2.75) is 37.9 Å². The molecule has 2 rings (SSSR count). The van der Waals surface area contributed by atoms with E-state index in [1.807, 2.05) is 0 Å². The van der Waals surface area contributed by atoms with Crippen LogP contribution in [0.25, 0.3) is 0 Å². The van der Waals surface area contributed by atoms with Crippen LogP contribution in [0.4, 0.5) is 0 Å². The fourth-order valence-corrected chi connectivity index (χ4v) is 3.78. The van der Waals surface area contributed by atoms with Crippen molar-refractivity contribution in [2.75, 3.05) is 0 Å². The average molecular weight is 170 g/mol. The first-order valence-corrected chi connectivity index (χ1v) is 5.31. The smallest absolute Gasteiger partial charge is 0.186 e. The van der Waals surface area contributed by atoms with Gasteiger partial charge in [-0.05, 0) is 31.1 Å². The summed E-state index contributed by atoms with van der Waals surface area (Å²) < 4.78 is 0. The van der Waals surface area contributed by atoms with Gasteiger partial charge in [-0.3, -0.25) is 4.79 Å². The van der Waals surface area contributed by atoms with Crippen LogP contribution in [0.15, 0.2) is 0 Å². The molecule has 0 aromatic carbocycles. The highest BCUT2D eigenvalue weighted by molar-refractivity contribution is 8.14. The van der Waals surface area contributed by atoms with E-state index in [0.717, 1.165) is 11.8 Å². The van der Waals surface area contributed by atoms with Crippen LogP contribution in [0, 0.1) is 11.8 Å². The molecule has 0 radical (unpaired) electrons. The molecule has 2 heteroatoms. The lowest BCUT2D eigenvalue weighted by atomic mass is 10.0. The summed E-state index contributed by atoms with van der Waals surface area (Å²) in [6.07, 6.45) is 5.54. The molecule has 1 nitrogen and oxygen atoms in total. The molecule has 62 valence electrons. The minimum Gasteiger partial charge on any atom is -0.288 e. The van der Waals surface area contributed by atoms with Gasteiger partial charge in [0.05, 0.1) is 0 Å². The Kier molecular flexibility index (Phi) is 1.96. The van der Waals surface area contributed by atoms with Gasteiger partial charge in [0, 0.05) is 12.2 Å². The minimum absolute atomic E-state index is 0.308. The second-order valence-corrected chi connectivity index (χ2v) is 5.24. The maximum absolute atomic E-state index is 10.8. The van der Waals surface area contributed by atoms with Crippen molar-refractivity contribution >= 4 is 16.9 Å². The highest BCUT2D eigenvalue weighted by Crippen LogP contribution is 2.49. The Morgan fingerprint density at radius 2 is 2.18 bits per heavy atom. The van der Waals surface area contributed by atoms with Gasteiger partial charge in [0.1, 0.15) is 0 Å². The molecule has 0 saturated heterocycles. The molecule has 0 aromatic rings. The number of hydrogen-bond donors (Lipinski definition) is 0. The van der Waals surface area contributed by atoms with Gasteiger partial charge >= 0.3 is 0 Å². The SMILES string of the molecule is CC(=O)S[C@H]1C[C@@H]2CC[C@H]1C2. The van der Waals surface area contributed by atoms with E-state index < -0.39 is 0 Å². The summed E-state index contributed by atoms with van der Waals surface area (Å²) in [5.41, 5.74) is 0. The molecule has 3 atom stereocenters. The maximum Gasteiger partial charge on any atom is 0.186 e. The van der Waals surface area contributed by atoms with E-state index in [4.69, 9.17) is 0 Å². The van der Waals surface area contributed by atoms with Gasteiger partial charge in [-0.15, -0.1) is 0 Å². The summed E-state index contributed by atoms with van der Waals surface area (Å²) in [7, 11) is 0. The maximum atomic E-state index is 10.8. The molecule has 0 aliphatic heterocycles. The van der Waals surface area contributed by atoms with Gasteiger partial charge in [-0.1, -0.05) is 18.2 Å². The second kappa shape index (κ2) is 2.81. The Morgan fingerprint density at radius 3 is 2.64 bits per heavy atom. The van der Waals surface area contributed by atoms with Gasteiger partial charge in [-0.25, -0.2) is 0 Å². The molecule has 2 aliphatic rings. The van der Waals surface area contributed by atoms with Crippen LogP contribution in [-0.4, -0.2) is 10.4 Å². The molecule has 2 saturated carbocycles. The zero-order valence-corrected chi connectivity index (χ0v) is 7.69. The first kappa shape index (κ1) is 7.66. The summed E-state index contributed by atoms with van der Waals surface area (Å²) in [4.78, 5) is 10.8. The molecule has 0 unspecified atom stereocenters. The summed E-state index contributed by atoms with van der Waals surface area (Å²) in [6.45, 7) is 1.69. The predicted octanol–water partition coefficient (Wildman–Crippen LogP) is 2.45. The van der Waals surface area contributed by atoms with Gasteiger partial charge in [0.15, 0.2) is 5.12 Å². The van der Waals surface area contributed by atoms with E-state index in [-0.39, 0.29) is 0 Å². The van der Waals surface area contributed by atoms with Crippen LogP contribution in [0.3, 0.4) is 0 Å². The largest absolute Gasteiger partial charge is 0.288 e.